The lowest BCUT2D eigenvalue weighted by Crippen LogP contribution is -2.45. The molecule has 3 heteroatoms. The number of likely N-dealkylation sites (tertiary alicyclic amines) is 1. The molecule has 0 atom stereocenters. The van der Waals surface area contributed by atoms with Crippen molar-refractivity contribution in [2.24, 2.45) is 0 Å². The predicted octanol–water partition coefficient (Wildman–Crippen LogP) is 1.04. The van der Waals surface area contributed by atoms with Crippen LogP contribution in [-0.4, -0.2) is 55.6 Å². The predicted molar refractivity (Wildman–Crippen MR) is 66.4 cm³/mol. The molecular formula is C13H23N3. The summed E-state index contributed by atoms with van der Waals surface area (Å²) in [5, 5.41) is 3.43. The van der Waals surface area contributed by atoms with Gasteiger partial charge < -0.3 is 10.2 Å². The highest BCUT2D eigenvalue weighted by molar-refractivity contribution is 5.26. The zero-order valence-electron chi connectivity index (χ0n) is 10.2. The number of piperazine rings is 1. The lowest BCUT2D eigenvalue weighted by Gasteiger charge is -2.31. The quantitative estimate of drug-likeness (QED) is 0.768. The van der Waals surface area contributed by atoms with Gasteiger partial charge in [-0.1, -0.05) is 0 Å². The van der Waals surface area contributed by atoms with Crippen LogP contribution in [0.3, 0.4) is 0 Å². The molecule has 0 spiro atoms. The van der Waals surface area contributed by atoms with Crippen LogP contribution >= 0.6 is 0 Å². The fourth-order valence-electron chi connectivity index (χ4n) is 2.85. The Labute approximate surface area is 98.5 Å². The molecule has 1 saturated carbocycles. The average molecular weight is 221 g/mol. The van der Waals surface area contributed by atoms with E-state index in [0.717, 1.165) is 0 Å². The zero-order chi connectivity index (χ0) is 10.8. The number of nitrogens with one attached hydrogen (secondary N) is 1. The molecule has 2 heterocycles. The average Bonchev–Trinajstić information content (AvgIpc) is 3.02. The molecule has 0 bridgehead atoms. The monoisotopic (exact) mass is 221 g/mol. The van der Waals surface area contributed by atoms with Gasteiger partial charge in [-0.05, 0) is 31.3 Å². The van der Waals surface area contributed by atoms with Crippen molar-refractivity contribution >= 4 is 0 Å². The number of nitrogens with zero attached hydrogens (tertiary/aromatic N) is 2. The summed E-state index contributed by atoms with van der Waals surface area (Å²) in [4.78, 5) is 5.28. The Morgan fingerprint density at radius 1 is 1.00 bits per heavy atom. The summed E-state index contributed by atoms with van der Waals surface area (Å²) in [6, 6.07) is 0. The molecule has 3 aliphatic rings. The second-order valence-corrected chi connectivity index (χ2v) is 5.27. The second kappa shape index (κ2) is 4.76. The number of hydrogen-bond donors (Lipinski definition) is 1. The van der Waals surface area contributed by atoms with Crippen LogP contribution in [0.1, 0.15) is 25.7 Å². The molecule has 3 rings (SSSR count). The molecule has 0 aromatic heterocycles. The van der Waals surface area contributed by atoms with Crippen molar-refractivity contribution < 1.29 is 0 Å². The molecule has 1 N–H and O–H groups in total. The maximum absolute atomic E-state index is 3.43. The molecule has 90 valence electrons. The van der Waals surface area contributed by atoms with E-state index >= 15 is 0 Å². The molecule has 3 fully saturated rings. The summed E-state index contributed by atoms with van der Waals surface area (Å²) in [6.45, 7) is 8.63. The van der Waals surface area contributed by atoms with Crippen molar-refractivity contribution in [3.63, 3.8) is 0 Å². The maximum atomic E-state index is 3.43. The van der Waals surface area contributed by atoms with E-state index in [2.05, 4.69) is 15.1 Å². The molecule has 1 aliphatic carbocycles. The first kappa shape index (κ1) is 10.6. The van der Waals surface area contributed by atoms with E-state index in [4.69, 9.17) is 0 Å². The number of allylic oxidation sites excluding steroid dienone is 1. The molecule has 2 saturated heterocycles. The number of rotatable bonds is 3. The van der Waals surface area contributed by atoms with Crippen LogP contribution in [0.25, 0.3) is 0 Å². The van der Waals surface area contributed by atoms with E-state index in [1.807, 2.05) is 0 Å². The van der Waals surface area contributed by atoms with Crippen molar-refractivity contribution in [2.45, 2.75) is 25.7 Å². The maximum Gasteiger partial charge on any atom is 0.0384 e. The smallest absolute Gasteiger partial charge is 0.0384 e. The van der Waals surface area contributed by atoms with Gasteiger partial charge in [0.25, 0.3) is 0 Å². The van der Waals surface area contributed by atoms with Crippen LogP contribution in [0.2, 0.25) is 0 Å². The molecule has 0 unspecified atom stereocenters. The highest BCUT2D eigenvalue weighted by atomic mass is 15.2. The van der Waals surface area contributed by atoms with Crippen LogP contribution in [0, 0.1) is 0 Å². The van der Waals surface area contributed by atoms with E-state index in [9.17, 15) is 0 Å². The first-order chi connectivity index (χ1) is 7.93. The van der Waals surface area contributed by atoms with Gasteiger partial charge in [-0.2, -0.15) is 0 Å². The van der Waals surface area contributed by atoms with Gasteiger partial charge in [0.05, 0.1) is 0 Å². The van der Waals surface area contributed by atoms with E-state index in [0.29, 0.717) is 0 Å². The van der Waals surface area contributed by atoms with Gasteiger partial charge in [0.1, 0.15) is 0 Å². The lowest BCUT2D eigenvalue weighted by molar-refractivity contribution is 0.235. The van der Waals surface area contributed by atoms with E-state index in [1.165, 1.54) is 71.5 Å². The van der Waals surface area contributed by atoms with Gasteiger partial charge in [-0.15, -0.1) is 0 Å². The van der Waals surface area contributed by atoms with Crippen LogP contribution in [0.5, 0.6) is 0 Å². The third-order valence-electron chi connectivity index (χ3n) is 3.98. The van der Waals surface area contributed by atoms with Gasteiger partial charge in [0.2, 0.25) is 0 Å². The van der Waals surface area contributed by atoms with Crippen LogP contribution in [-0.2, 0) is 0 Å². The molecule has 16 heavy (non-hydrogen) atoms. The highest BCUT2D eigenvalue weighted by Crippen LogP contribution is 2.34. The Morgan fingerprint density at radius 2 is 1.69 bits per heavy atom. The Bertz CT molecular complexity index is 267. The number of hydrogen-bond acceptors (Lipinski definition) is 3. The minimum absolute atomic E-state index is 1.17. The largest absolute Gasteiger partial charge is 0.374 e. The van der Waals surface area contributed by atoms with Crippen molar-refractivity contribution in [3.8, 4) is 0 Å². The Hall–Kier alpha value is -0.540. The summed E-state index contributed by atoms with van der Waals surface area (Å²) in [5.41, 5.74) is 3.44. The zero-order valence-corrected chi connectivity index (χ0v) is 10.2. The van der Waals surface area contributed by atoms with Crippen LogP contribution < -0.4 is 5.32 Å². The Kier molecular flexibility index (Phi) is 3.15. The molecule has 0 radical (unpaired) electrons. The van der Waals surface area contributed by atoms with Crippen molar-refractivity contribution in [1.82, 2.24) is 15.1 Å². The fourth-order valence-corrected chi connectivity index (χ4v) is 2.85. The van der Waals surface area contributed by atoms with Gasteiger partial charge in [-0.25, -0.2) is 0 Å². The van der Waals surface area contributed by atoms with Gasteiger partial charge in [0.15, 0.2) is 0 Å². The highest BCUT2D eigenvalue weighted by Gasteiger charge is 2.25. The van der Waals surface area contributed by atoms with E-state index in [1.54, 1.807) is 11.3 Å². The second-order valence-electron chi connectivity index (χ2n) is 5.27. The Balaban J connectivity index is 1.63. The summed E-state index contributed by atoms with van der Waals surface area (Å²) in [6.07, 6.45) is 5.55. The molecule has 0 amide bonds. The van der Waals surface area contributed by atoms with E-state index in [-0.39, 0.29) is 0 Å². The first-order valence-corrected chi connectivity index (χ1v) is 6.82. The summed E-state index contributed by atoms with van der Waals surface area (Å²) in [5.74, 6) is 0. The van der Waals surface area contributed by atoms with Crippen molar-refractivity contribution in [2.75, 3.05) is 45.8 Å². The first-order valence-electron chi connectivity index (χ1n) is 6.82. The standard InChI is InChI=1S/C13H23N3/c1-2-8-16(7-1)13(12-3-4-12)11-15-9-5-14-6-10-15/h14H,1-11H2. The summed E-state index contributed by atoms with van der Waals surface area (Å²) in [7, 11) is 0. The lowest BCUT2D eigenvalue weighted by atomic mass is 10.2. The normalized spacial score (nSPS) is 26.2. The topological polar surface area (TPSA) is 18.5 Å². The van der Waals surface area contributed by atoms with Gasteiger partial charge in [0, 0.05) is 51.5 Å². The minimum Gasteiger partial charge on any atom is -0.374 e. The summed E-state index contributed by atoms with van der Waals surface area (Å²) < 4.78 is 0. The van der Waals surface area contributed by atoms with Crippen molar-refractivity contribution in [3.05, 3.63) is 11.3 Å². The third kappa shape index (κ3) is 2.41. The fraction of sp³-hybridized carbons (Fsp3) is 0.846. The van der Waals surface area contributed by atoms with Crippen molar-refractivity contribution in [1.29, 1.82) is 0 Å². The van der Waals surface area contributed by atoms with Crippen LogP contribution in [0.15, 0.2) is 11.3 Å². The Morgan fingerprint density at radius 3 is 2.31 bits per heavy atom. The molecule has 0 aromatic carbocycles. The molecule has 0 aromatic rings. The van der Waals surface area contributed by atoms with Gasteiger partial charge in [-0.3, -0.25) is 4.90 Å². The summed E-state index contributed by atoms with van der Waals surface area (Å²) >= 11 is 0. The molecule has 3 nitrogen and oxygen atoms in total. The van der Waals surface area contributed by atoms with Gasteiger partial charge >= 0.3 is 0 Å². The van der Waals surface area contributed by atoms with Crippen LogP contribution in [0.4, 0.5) is 0 Å². The molecule has 2 aliphatic heterocycles. The molecular weight excluding hydrogens is 198 g/mol. The minimum atomic E-state index is 1.17. The van der Waals surface area contributed by atoms with E-state index < -0.39 is 0 Å². The SMILES string of the molecule is C1CCN(C(CN2CCNCC2)=C2CC2)C1. The third-order valence-corrected chi connectivity index (χ3v) is 3.98.